The van der Waals surface area contributed by atoms with Crippen molar-refractivity contribution in [3.05, 3.63) is 40.9 Å². The van der Waals surface area contributed by atoms with Gasteiger partial charge in [-0.1, -0.05) is 23.7 Å². The van der Waals surface area contributed by atoms with E-state index in [1.165, 1.54) is 6.07 Å². The first-order chi connectivity index (χ1) is 11.8. The summed E-state index contributed by atoms with van der Waals surface area (Å²) >= 11 is 5.98. The topological polar surface area (TPSA) is 99.4 Å². The lowest BCUT2D eigenvalue weighted by Crippen LogP contribution is -2.40. The second-order valence-corrected chi connectivity index (χ2v) is 6.16. The van der Waals surface area contributed by atoms with Crippen LogP contribution in [-0.2, 0) is 0 Å². The first kappa shape index (κ1) is 18.8. The molecule has 0 aliphatic rings. The molecule has 0 fully saturated rings. The maximum absolute atomic E-state index is 12.1. The first-order valence-corrected chi connectivity index (χ1v) is 7.97. The monoisotopic (exact) mass is 365 g/mol. The van der Waals surface area contributed by atoms with E-state index in [4.69, 9.17) is 16.3 Å². The number of hydrogen-bond acceptors (Lipinski definition) is 5. The number of anilines is 1. The number of carbonyl (C=O) groups is 2. The van der Waals surface area contributed by atoms with Crippen LogP contribution in [0.3, 0.4) is 0 Å². The maximum Gasteiger partial charge on any atom is 0.414 e. The molecule has 0 bridgehead atoms. The van der Waals surface area contributed by atoms with E-state index in [1.54, 1.807) is 24.3 Å². The van der Waals surface area contributed by atoms with E-state index < -0.39 is 12.0 Å². The lowest BCUT2D eigenvalue weighted by molar-refractivity contribution is 0.102. The lowest BCUT2D eigenvalue weighted by Gasteiger charge is -2.17. The number of benzene rings is 1. The van der Waals surface area contributed by atoms with Crippen LogP contribution in [0.15, 0.2) is 30.3 Å². The normalized spacial score (nSPS) is 11.9. The molecule has 1 unspecified atom stereocenters. The molecule has 2 rings (SSSR count). The molecule has 1 atom stereocenters. The van der Waals surface area contributed by atoms with Crippen molar-refractivity contribution >= 4 is 29.4 Å². The van der Waals surface area contributed by atoms with Crippen LogP contribution >= 0.6 is 11.6 Å². The van der Waals surface area contributed by atoms with E-state index in [9.17, 15) is 9.59 Å². The molecular weight excluding hydrogens is 346 g/mol. The maximum atomic E-state index is 12.1. The molecule has 0 saturated heterocycles. The van der Waals surface area contributed by atoms with E-state index >= 15 is 0 Å². The Balaban J connectivity index is 1.91. The highest BCUT2D eigenvalue weighted by atomic mass is 35.5. The van der Waals surface area contributed by atoms with Crippen molar-refractivity contribution in [3.63, 3.8) is 0 Å². The van der Waals surface area contributed by atoms with Crippen LogP contribution in [0.4, 0.5) is 10.6 Å². The van der Waals surface area contributed by atoms with Crippen molar-refractivity contribution in [2.75, 3.05) is 26.0 Å². The average Bonchev–Trinajstić information content (AvgIpc) is 2.93. The number of hydrogen-bond donors (Lipinski definition) is 3. The van der Waals surface area contributed by atoms with Crippen LogP contribution < -0.4 is 15.4 Å². The number of likely N-dealkylation sites (N-methyl/N-ethyl adjacent to an activating group) is 1. The highest BCUT2D eigenvalue weighted by Gasteiger charge is 2.14. The molecule has 0 saturated carbocycles. The molecule has 1 heterocycles. The van der Waals surface area contributed by atoms with Crippen LogP contribution in [0, 0.1) is 0 Å². The quantitative estimate of drug-likeness (QED) is 0.729. The summed E-state index contributed by atoms with van der Waals surface area (Å²) in [6.45, 7) is 2.54. The van der Waals surface area contributed by atoms with Crippen molar-refractivity contribution in [3.8, 4) is 5.88 Å². The van der Waals surface area contributed by atoms with Crippen molar-refractivity contribution < 1.29 is 14.3 Å². The number of nitrogens with zero attached hydrogens (tertiary/aromatic N) is 2. The summed E-state index contributed by atoms with van der Waals surface area (Å²) in [6.07, 6.45) is -0.621. The predicted molar refractivity (Wildman–Crippen MR) is 95.2 cm³/mol. The van der Waals surface area contributed by atoms with Gasteiger partial charge < -0.3 is 20.3 Å². The smallest absolute Gasteiger partial charge is 0.390 e. The van der Waals surface area contributed by atoms with Gasteiger partial charge in [-0.2, -0.15) is 0 Å². The van der Waals surface area contributed by atoms with Gasteiger partial charge in [0, 0.05) is 18.7 Å². The predicted octanol–water partition coefficient (Wildman–Crippen LogP) is 2.35. The van der Waals surface area contributed by atoms with Gasteiger partial charge in [-0.25, -0.2) is 4.79 Å². The van der Waals surface area contributed by atoms with Gasteiger partial charge >= 0.3 is 6.09 Å². The van der Waals surface area contributed by atoms with Crippen molar-refractivity contribution in [2.24, 2.45) is 0 Å². The highest BCUT2D eigenvalue weighted by Crippen LogP contribution is 2.18. The van der Waals surface area contributed by atoms with Gasteiger partial charge in [0.15, 0.2) is 0 Å². The molecule has 3 N–H and O–H groups in total. The largest absolute Gasteiger partial charge is 0.414 e. The number of ether oxygens (including phenoxy) is 1. The number of nitrogens with one attached hydrogen (secondary N) is 3. The van der Waals surface area contributed by atoms with E-state index in [1.807, 2.05) is 25.9 Å². The number of carbonyl (C=O) groups excluding carboxylic acids is 2. The second-order valence-electron chi connectivity index (χ2n) is 5.75. The Labute approximate surface area is 150 Å². The van der Waals surface area contributed by atoms with Gasteiger partial charge in [0.05, 0.1) is 10.6 Å². The molecule has 0 aliphatic heterocycles. The Bertz CT molecular complexity index is 747. The third-order valence-corrected chi connectivity index (χ3v) is 3.45. The van der Waals surface area contributed by atoms with Gasteiger partial charge in [-0.3, -0.25) is 9.89 Å². The fourth-order valence-corrected chi connectivity index (χ4v) is 2.40. The van der Waals surface area contributed by atoms with Crippen molar-refractivity contribution in [1.29, 1.82) is 0 Å². The number of rotatable bonds is 6. The molecular formula is C16H20ClN5O3. The summed E-state index contributed by atoms with van der Waals surface area (Å²) in [5.41, 5.74) is 0.330. The lowest BCUT2D eigenvalue weighted by atomic mass is 10.2. The first-order valence-electron chi connectivity index (χ1n) is 7.59. The zero-order chi connectivity index (χ0) is 18.4. The fraction of sp³-hybridized carbons (Fsp3) is 0.312. The molecule has 0 aliphatic carbocycles. The Kier molecular flexibility index (Phi) is 6.37. The van der Waals surface area contributed by atoms with E-state index in [2.05, 4.69) is 20.8 Å². The van der Waals surface area contributed by atoms with E-state index in [0.717, 1.165) is 0 Å². The molecule has 2 aromatic rings. The number of aromatic nitrogens is 2. The zero-order valence-electron chi connectivity index (χ0n) is 14.2. The van der Waals surface area contributed by atoms with Crippen LogP contribution in [0.1, 0.15) is 17.3 Å². The Morgan fingerprint density at radius 2 is 2.08 bits per heavy atom. The number of H-pyrrole nitrogens is 1. The number of amides is 2. The highest BCUT2D eigenvalue weighted by molar-refractivity contribution is 6.34. The minimum absolute atomic E-state index is 0.0454. The third kappa shape index (κ3) is 5.77. The summed E-state index contributed by atoms with van der Waals surface area (Å²) < 4.78 is 5.07. The summed E-state index contributed by atoms with van der Waals surface area (Å²) in [5, 5.41) is 12.0. The zero-order valence-corrected chi connectivity index (χ0v) is 14.9. The van der Waals surface area contributed by atoms with Gasteiger partial charge in [-0.15, -0.1) is 5.10 Å². The minimum atomic E-state index is -0.621. The van der Waals surface area contributed by atoms with E-state index in [-0.39, 0.29) is 17.7 Å². The number of halogens is 1. The average molecular weight is 366 g/mol. The molecule has 0 spiro atoms. The van der Waals surface area contributed by atoms with Crippen LogP contribution in [0.25, 0.3) is 0 Å². The molecule has 1 aromatic carbocycles. The van der Waals surface area contributed by atoms with Gasteiger partial charge in [-0.05, 0) is 33.2 Å². The summed E-state index contributed by atoms with van der Waals surface area (Å²) in [6, 6.07) is 7.99. The SMILES string of the molecule is CC(CN(C)C)NC(=O)Oc1cc(NC(=O)c2ccccc2Cl)[nH]n1. The summed E-state index contributed by atoms with van der Waals surface area (Å²) in [7, 11) is 3.82. The van der Waals surface area contributed by atoms with E-state index in [0.29, 0.717) is 17.1 Å². The van der Waals surface area contributed by atoms with Crippen molar-refractivity contribution in [1.82, 2.24) is 20.4 Å². The van der Waals surface area contributed by atoms with Gasteiger partial charge in [0.2, 0.25) is 5.88 Å². The number of aromatic amines is 1. The standard InChI is InChI=1S/C16H20ClN5O3/c1-10(9-22(2)3)18-16(24)25-14-8-13(20-21-14)19-15(23)11-6-4-5-7-12(11)17/h4-8,10H,9H2,1-3H3,(H,18,24)(H2,19,20,21,23). The fourth-order valence-electron chi connectivity index (χ4n) is 2.17. The second kappa shape index (κ2) is 8.50. The summed E-state index contributed by atoms with van der Waals surface area (Å²) in [4.78, 5) is 25.9. The Morgan fingerprint density at radius 3 is 2.76 bits per heavy atom. The minimum Gasteiger partial charge on any atom is -0.390 e. The molecule has 2 amide bonds. The molecule has 25 heavy (non-hydrogen) atoms. The Hall–Kier alpha value is -2.58. The molecule has 1 aromatic heterocycles. The molecule has 9 heteroatoms. The van der Waals surface area contributed by atoms with Crippen LogP contribution in [-0.4, -0.2) is 53.8 Å². The van der Waals surface area contributed by atoms with Gasteiger partial charge in [0.1, 0.15) is 5.82 Å². The van der Waals surface area contributed by atoms with Crippen molar-refractivity contribution in [2.45, 2.75) is 13.0 Å². The van der Waals surface area contributed by atoms with Gasteiger partial charge in [0.25, 0.3) is 5.91 Å². The Morgan fingerprint density at radius 1 is 1.36 bits per heavy atom. The molecule has 0 radical (unpaired) electrons. The molecule has 134 valence electrons. The molecule has 8 nitrogen and oxygen atoms in total. The van der Waals surface area contributed by atoms with Crippen LogP contribution in [0.5, 0.6) is 5.88 Å². The summed E-state index contributed by atoms with van der Waals surface area (Å²) in [5.74, 6) is -0.0667. The van der Waals surface area contributed by atoms with Crippen LogP contribution in [0.2, 0.25) is 5.02 Å². The third-order valence-electron chi connectivity index (χ3n) is 3.12.